The first kappa shape index (κ1) is 17.9. The fourth-order valence-electron chi connectivity index (χ4n) is 3.22. The molecule has 0 spiro atoms. The smallest absolute Gasteiger partial charge is 0.410 e. The number of imidazole rings is 1. The number of carbonyl (C=O) groups excluding carboxylic acids is 1. The highest BCUT2D eigenvalue weighted by atomic mass is 35.5. The van der Waals surface area contributed by atoms with E-state index in [1.54, 1.807) is 24.4 Å². The van der Waals surface area contributed by atoms with Crippen LogP contribution in [0.15, 0.2) is 18.6 Å². The Bertz CT molecular complexity index is 771. The quantitative estimate of drug-likeness (QED) is 0.834. The second-order valence-electron chi connectivity index (χ2n) is 7.26. The van der Waals surface area contributed by atoms with Crippen LogP contribution < -0.4 is 0 Å². The maximum atomic E-state index is 12.6. The van der Waals surface area contributed by atoms with Gasteiger partial charge in [0.2, 0.25) is 0 Å². The number of likely N-dealkylation sites (tertiary alicyclic amines) is 1. The van der Waals surface area contributed by atoms with E-state index in [4.69, 9.17) is 21.1 Å². The monoisotopic (exact) mass is 366 g/mol. The molecule has 136 valence electrons. The minimum atomic E-state index is -0.536. The summed E-state index contributed by atoms with van der Waals surface area (Å²) >= 11 is 6.13. The van der Waals surface area contributed by atoms with Gasteiger partial charge in [0.05, 0.1) is 18.8 Å². The molecule has 1 aliphatic heterocycles. The first-order chi connectivity index (χ1) is 11.8. The SMILES string of the molecule is COC[C@H]1CC(c2ncc3c(Cl)nccn23)CN1C(=O)OC(C)(C)C. The molecule has 3 rings (SSSR count). The van der Waals surface area contributed by atoms with Gasteiger partial charge in [-0.1, -0.05) is 11.6 Å². The van der Waals surface area contributed by atoms with Crippen LogP contribution in [0.2, 0.25) is 5.15 Å². The zero-order chi connectivity index (χ0) is 18.2. The molecule has 0 N–H and O–H groups in total. The van der Waals surface area contributed by atoms with E-state index in [1.807, 2.05) is 31.4 Å². The average Bonchev–Trinajstić information content (AvgIpc) is 3.10. The summed E-state index contributed by atoms with van der Waals surface area (Å²) in [4.78, 5) is 22.9. The lowest BCUT2D eigenvalue weighted by Gasteiger charge is -2.28. The number of amides is 1. The van der Waals surface area contributed by atoms with Crippen molar-refractivity contribution in [2.75, 3.05) is 20.3 Å². The van der Waals surface area contributed by atoms with Crippen LogP contribution in [0.4, 0.5) is 4.79 Å². The number of methoxy groups -OCH3 is 1. The van der Waals surface area contributed by atoms with Gasteiger partial charge in [-0.3, -0.25) is 4.40 Å². The summed E-state index contributed by atoms with van der Waals surface area (Å²) in [5.41, 5.74) is 0.226. The first-order valence-electron chi connectivity index (χ1n) is 8.26. The van der Waals surface area contributed by atoms with Gasteiger partial charge < -0.3 is 14.4 Å². The predicted molar refractivity (Wildman–Crippen MR) is 94.0 cm³/mol. The van der Waals surface area contributed by atoms with Gasteiger partial charge in [0.15, 0.2) is 5.15 Å². The van der Waals surface area contributed by atoms with E-state index in [0.717, 1.165) is 17.8 Å². The molecule has 8 heteroatoms. The van der Waals surface area contributed by atoms with E-state index in [0.29, 0.717) is 18.3 Å². The van der Waals surface area contributed by atoms with E-state index < -0.39 is 5.60 Å². The Balaban J connectivity index is 1.86. The summed E-state index contributed by atoms with van der Waals surface area (Å²) in [5, 5.41) is 0.414. The average molecular weight is 367 g/mol. The summed E-state index contributed by atoms with van der Waals surface area (Å²) in [7, 11) is 1.64. The maximum Gasteiger partial charge on any atom is 0.410 e. The number of carbonyl (C=O) groups is 1. The number of ether oxygens (including phenoxy) is 2. The van der Waals surface area contributed by atoms with Crippen molar-refractivity contribution in [2.24, 2.45) is 0 Å². The van der Waals surface area contributed by atoms with Gasteiger partial charge in [-0.15, -0.1) is 0 Å². The largest absolute Gasteiger partial charge is 0.444 e. The Morgan fingerprint density at radius 2 is 2.16 bits per heavy atom. The molecular formula is C17H23ClN4O3. The fraction of sp³-hybridized carbons (Fsp3) is 0.588. The molecule has 2 aromatic rings. The number of hydrogen-bond acceptors (Lipinski definition) is 5. The van der Waals surface area contributed by atoms with Crippen molar-refractivity contribution in [3.8, 4) is 0 Å². The molecule has 0 aliphatic carbocycles. The zero-order valence-corrected chi connectivity index (χ0v) is 15.7. The van der Waals surface area contributed by atoms with Crippen LogP contribution in [-0.2, 0) is 9.47 Å². The highest BCUT2D eigenvalue weighted by molar-refractivity contribution is 6.32. The lowest BCUT2D eigenvalue weighted by atomic mass is 10.1. The molecule has 2 aromatic heterocycles. The molecule has 0 aromatic carbocycles. The Labute approximate surface area is 151 Å². The van der Waals surface area contributed by atoms with Crippen LogP contribution in [0, 0.1) is 0 Å². The number of aromatic nitrogens is 3. The summed E-state index contributed by atoms with van der Waals surface area (Å²) in [6.45, 7) is 6.58. The summed E-state index contributed by atoms with van der Waals surface area (Å²) in [5.74, 6) is 0.945. The van der Waals surface area contributed by atoms with Crippen LogP contribution in [0.5, 0.6) is 0 Å². The molecule has 0 saturated carbocycles. The number of nitrogens with zero attached hydrogens (tertiary/aromatic N) is 4. The highest BCUT2D eigenvalue weighted by Gasteiger charge is 2.39. The normalized spacial score (nSPS) is 21.1. The third-order valence-electron chi connectivity index (χ3n) is 4.21. The Kier molecular flexibility index (Phi) is 4.88. The Morgan fingerprint density at radius 3 is 2.84 bits per heavy atom. The second kappa shape index (κ2) is 6.80. The van der Waals surface area contributed by atoms with Crippen LogP contribution in [-0.4, -0.2) is 57.3 Å². The second-order valence-corrected chi connectivity index (χ2v) is 7.62. The van der Waals surface area contributed by atoms with Crippen molar-refractivity contribution in [3.05, 3.63) is 29.6 Å². The van der Waals surface area contributed by atoms with E-state index in [2.05, 4.69) is 9.97 Å². The topological polar surface area (TPSA) is 69.0 Å². The van der Waals surface area contributed by atoms with Crippen LogP contribution >= 0.6 is 11.6 Å². The molecule has 0 bridgehead atoms. The van der Waals surface area contributed by atoms with Crippen LogP contribution in [0.25, 0.3) is 5.52 Å². The van der Waals surface area contributed by atoms with Crippen LogP contribution in [0.3, 0.4) is 0 Å². The molecular weight excluding hydrogens is 344 g/mol. The number of rotatable bonds is 3. The first-order valence-corrected chi connectivity index (χ1v) is 8.64. The van der Waals surface area contributed by atoms with Gasteiger partial charge in [0, 0.05) is 32.0 Å². The molecule has 2 atom stereocenters. The van der Waals surface area contributed by atoms with Gasteiger partial charge in [-0.2, -0.15) is 0 Å². The van der Waals surface area contributed by atoms with E-state index >= 15 is 0 Å². The lowest BCUT2D eigenvalue weighted by molar-refractivity contribution is 0.0147. The van der Waals surface area contributed by atoms with E-state index in [-0.39, 0.29) is 18.1 Å². The van der Waals surface area contributed by atoms with Crippen molar-refractivity contribution in [3.63, 3.8) is 0 Å². The molecule has 3 heterocycles. The lowest BCUT2D eigenvalue weighted by Crippen LogP contribution is -2.41. The van der Waals surface area contributed by atoms with Gasteiger partial charge in [-0.25, -0.2) is 14.8 Å². The minimum absolute atomic E-state index is 0.0468. The molecule has 7 nitrogen and oxygen atoms in total. The van der Waals surface area contributed by atoms with E-state index in [9.17, 15) is 4.79 Å². The highest BCUT2D eigenvalue weighted by Crippen LogP contribution is 2.33. The van der Waals surface area contributed by atoms with Crippen molar-refractivity contribution in [1.82, 2.24) is 19.3 Å². The number of hydrogen-bond donors (Lipinski definition) is 0. The molecule has 1 fully saturated rings. The zero-order valence-electron chi connectivity index (χ0n) is 14.9. The fourth-order valence-corrected chi connectivity index (χ4v) is 3.41. The minimum Gasteiger partial charge on any atom is -0.444 e. The summed E-state index contributed by atoms with van der Waals surface area (Å²) in [6, 6.07) is -0.0468. The molecule has 1 saturated heterocycles. The van der Waals surface area contributed by atoms with Crippen molar-refractivity contribution < 1.29 is 14.3 Å². The Hall–Kier alpha value is -1.86. The van der Waals surface area contributed by atoms with Crippen molar-refractivity contribution in [2.45, 2.75) is 44.8 Å². The maximum absolute atomic E-state index is 12.6. The van der Waals surface area contributed by atoms with Crippen molar-refractivity contribution >= 4 is 23.2 Å². The van der Waals surface area contributed by atoms with Crippen molar-refractivity contribution in [1.29, 1.82) is 0 Å². The summed E-state index contributed by atoms with van der Waals surface area (Å²) in [6.07, 6.45) is 5.63. The predicted octanol–water partition coefficient (Wildman–Crippen LogP) is 3.12. The third kappa shape index (κ3) is 3.72. The van der Waals surface area contributed by atoms with Gasteiger partial charge in [-0.05, 0) is 27.2 Å². The molecule has 25 heavy (non-hydrogen) atoms. The standard InChI is InChI=1S/C17H23ClN4O3/c1-17(2,3)25-16(23)22-9-11(7-12(22)10-24-4)15-20-8-13-14(18)19-5-6-21(13)15/h5-6,8,11-12H,7,9-10H2,1-4H3/t11?,12-/m1/s1. The summed E-state index contributed by atoms with van der Waals surface area (Å²) < 4.78 is 12.8. The number of halogens is 1. The van der Waals surface area contributed by atoms with Gasteiger partial charge in [0.1, 0.15) is 16.9 Å². The molecule has 0 radical (unpaired) electrons. The third-order valence-corrected chi connectivity index (χ3v) is 4.50. The van der Waals surface area contributed by atoms with Gasteiger partial charge >= 0.3 is 6.09 Å². The van der Waals surface area contributed by atoms with Crippen LogP contribution in [0.1, 0.15) is 38.9 Å². The van der Waals surface area contributed by atoms with E-state index in [1.165, 1.54) is 0 Å². The number of fused-ring (bicyclic) bond motifs is 1. The molecule has 1 aliphatic rings. The molecule has 1 unspecified atom stereocenters. The Morgan fingerprint density at radius 1 is 1.40 bits per heavy atom. The van der Waals surface area contributed by atoms with Gasteiger partial charge in [0.25, 0.3) is 0 Å². The molecule has 1 amide bonds.